The lowest BCUT2D eigenvalue weighted by atomic mass is 10.2. The van der Waals surface area contributed by atoms with Crippen molar-refractivity contribution in [1.29, 1.82) is 0 Å². The summed E-state index contributed by atoms with van der Waals surface area (Å²) < 4.78 is 37.1. The van der Waals surface area contributed by atoms with E-state index in [-0.39, 0.29) is 29.0 Å². The molecule has 2 aromatic carbocycles. The number of esters is 1. The molecule has 0 radical (unpaired) electrons. The van der Waals surface area contributed by atoms with Crippen molar-refractivity contribution in [2.24, 2.45) is 0 Å². The first-order valence-electron chi connectivity index (χ1n) is 9.01. The zero-order valence-corrected chi connectivity index (χ0v) is 16.9. The molecule has 1 fully saturated rings. The summed E-state index contributed by atoms with van der Waals surface area (Å²) in [4.78, 5) is 23.7. The molecule has 0 aliphatic heterocycles. The average molecular weight is 418 g/mol. The average Bonchev–Trinajstić information content (AvgIpc) is 3.55. The Hall–Kier alpha value is -3.07. The van der Waals surface area contributed by atoms with Crippen LogP contribution in [0.25, 0.3) is 0 Å². The number of carbonyl (C=O) groups is 2. The van der Waals surface area contributed by atoms with Gasteiger partial charge in [-0.2, -0.15) is 0 Å². The van der Waals surface area contributed by atoms with Crippen molar-refractivity contribution in [1.82, 2.24) is 5.32 Å². The molecule has 3 rings (SSSR count). The normalized spacial score (nSPS) is 13.4. The lowest BCUT2D eigenvalue weighted by Crippen LogP contribution is -2.30. The molecule has 29 heavy (non-hydrogen) atoms. The fraction of sp³-hybridized carbons (Fsp3) is 0.300. The van der Waals surface area contributed by atoms with Gasteiger partial charge >= 0.3 is 5.97 Å². The number of benzene rings is 2. The first kappa shape index (κ1) is 20.7. The lowest BCUT2D eigenvalue weighted by molar-refractivity contribution is -0.124. The SMILES string of the molecule is COc1ccccc1N(C)S(=O)(=O)c1ccc(C(=O)OCC(=O)NC2CC2)cc1. The predicted molar refractivity (Wildman–Crippen MR) is 106 cm³/mol. The van der Waals surface area contributed by atoms with Crippen LogP contribution in [0.5, 0.6) is 5.75 Å². The highest BCUT2D eigenvalue weighted by molar-refractivity contribution is 7.92. The Morgan fingerprint density at radius 1 is 1.10 bits per heavy atom. The van der Waals surface area contributed by atoms with Crippen molar-refractivity contribution in [3.63, 3.8) is 0 Å². The van der Waals surface area contributed by atoms with Crippen LogP contribution in [0.1, 0.15) is 23.2 Å². The lowest BCUT2D eigenvalue weighted by Gasteiger charge is -2.21. The molecule has 0 spiro atoms. The molecule has 1 aliphatic rings. The maximum Gasteiger partial charge on any atom is 0.338 e. The molecule has 0 heterocycles. The fourth-order valence-electron chi connectivity index (χ4n) is 2.65. The van der Waals surface area contributed by atoms with Gasteiger partial charge in [0.25, 0.3) is 15.9 Å². The minimum Gasteiger partial charge on any atom is -0.495 e. The minimum atomic E-state index is -3.86. The van der Waals surface area contributed by atoms with Crippen molar-refractivity contribution in [3.8, 4) is 5.75 Å². The van der Waals surface area contributed by atoms with Crippen molar-refractivity contribution < 1.29 is 27.5 Å². The molecule has 0 atom stereocenters. The van der Waals surface area contributed by atoms with Crippen LogP contribution in [-0.2, 0) is 19.6 Å². The zero-order chi connectivity index (χ0) is 21.0. The zero-order valence-electron chi connectivity index (χ0n) is 16.1. The molecular formula is C20H22N2O6S. The Morgan fingerprint density at radius 2 is 1.76 bits per heavy atom. The summed E-state index contributed by atoms with van der Waals surface area (Å²) in [5.74, 6) is -0.625. The summed E-state index contributed by atoms with van der Waals surface area (Å²) in [5, 5.41) is 2.72. The van der Waals surface area contributed by atoms with Crippen LogP contribution in [-0.4, -0.2) is 47.1 Å². The van der Waals surface area contributed by atoms with E-state index in [2.05, 4.69) is 5.32 Å². The number of carbonyl (C=O) groups excluding carboxylic acids is 2. The molecule has 1 amide bonds. The quantitative estimate of drug-likeness (QED) is 0.658. The Kier molecular flexibility index (Phi) is 6.07. The Balaban J connectivity index is 1.69. The van der Waals surface area contributed by atoms with Crippen LogP contribution in [0.4, 0.5) is 5.69 Å². The topological polar surface area (TPSA) is 102 Å². The van der Waals surface area contributed by atoms with E-state index in [4.69, 9.17) is 9.47 Å². The Bertz CT molecular complexity index is 1000. The van der Waals surface area contributed by atoms with E-state index < -0.39 is 16.0 Å². The van der Waals surface area contributed by atoms with Gasteiger partial charge in [-0.1, -0.05) is 12.1 Å². The number of hydrogen-bond donors (Lipinski definition) is 1. The van der Waals surface area contributed by atoms with E-state index in [1.54, 1.807) is 24.3 Å². The number of amides is 1. The molecule has 154 valence electrons. The second-order valence-electron chi connectivity index (χ2n) is 6.59. The highest BCUT2D eigenvalue weighted by Gasteiger charge is 2.25. The summed E-state index contributed by atoms with van der Waals surface area (Å²) in [7, 11) is -0.975. The van der Waals surface area contributed by atoms with Crippen LogP contribution in [0.15, 0.2) is 53.4 Å². The molecule has 2 aromatic rings. The molecule has 0 saturated heterocycles. The highest BCUT2D eigenvalue weighted by Crippen LogP contribution is 2.30. The van der Waals surface area contributed by atoms with Crippen molar-refractivity contribution >= 4 is 27.6 Å². The summed E-state index contributed by atoms with van der Waals surface area (Å²) in [5.41, 5.74) is 0.545. The van der Waals surface area contributed by atoms with E-state index in [0.29, 0.717) is 11.4 Å². The molecule has 8 nitrogen and oxygen atoms in total. The van der Waals surface area contributed by atoms with Gasteiger partial charge in [-0.3, -0.25) is 9.10 Å². The largest absolute Gasteiger partial charge is 0.495 e. The Labute approximate surface area is 169 Å². The number of nitrogens with one attached hydrogen (secondary N) is 1. The molecule has 9 heteroatoms. The third kappa shape index (κ3) is 4.86. The second kappa shape index (κ2) is 8.52. The maximum absolute atomic E-state index is 12.9. The van der Waals surface area contributed by atoms with Crippen molar-refractivity contribution in [2.45, 2.75) is 23.8 Å². The van der Waals surface area contributed by atoms with E-state index >= 15 is 0 Å². The predicted octanol–water partition coefficient (Wildman–Crippen LogP) is 1.96. The van der Waals surface area contributed by atoms with Crippen molar-refractivity contribution in [2.75, 3.05) is 25.1 Å². The maximum atomic E-state index is 12.9. The van der Waals surface area contributed by atoms with Crippen LogP contribution < -0.4 is 14.4 Å². The van der Waals surface area contributed by atoms with Gasteiger partial charge in [0.15, 0.2) is 6.61 Å². The van der Waals surface area contributed by atoms with Crippen LogP contribution >= 0.6 is 0 Å². The smallest absolute Gasteiger partial charge is 0.338 e. The molecule has 1 saturated carbocycles. The number of nitrogens with zero attached hydrogens (tertiary/aromatic N) is 1. The van der Waals surface area contributed by atoms with Gasteiger partial charge in [0.2, 0.25) is 0 Å². The number of anilines is 1. The first-order valence-corrected chi connectivity index (χ1v) is 10.5. The number of para-hydroxylation sites is 2. The molecule has 1 N–H and O–H groups in total. The standard InChI is InChI=1S/C20H22N2O6S/c1-22(17-5-3-4-6-18(17)27-2)29(25,26)16-11-7-14(8-12-16)20(24)28-13-19(23)21-15-9-10-15/h3-8,11-12,15H,9-10,13H2,1-2H3,(H,21,23). The summed E-state index contributed by atoms with van der Waals surface area (Å²) >= 11 is 0. The number of rotatable bonds is 8. The molecule has 0 bridgehead atoms. The number of hydrogen-bond acceptors (Lipinski definition) is 6. The number of ether oxygens (including phenoxy) is 2. The molecule has 1 aliphatic carbocycles. The van der Waals surface area contributed by atoms with Crippen LogP contribution in [0, 0.1) is 0 Å². The van der Waals surface area contributed by atoms with Gasteiger partial charge in [0.05, 0.1) is 23.3 Å². The highest BCUT2D eigenvalue weighted by atomic mass is 32.2. The van der Waals surface area contributed by atoms with E-state index in [1.165, 1.54) is 38.4 Å². The van der Waals surface area contributed by atoms with Gasteiger partial charge in [0, 0.05) is 13.1 Å². The molecular weight excluding hydrogens is 396 g/mol. The summed E-state index contributed by atoms with van der Waals surface area (Å²) in [6.07, 6.45) is 1.89. The number of methoxy groups -OCH3 is 1. The molecule has 0 aromatic heterocycles. The second-order valence-corrected chi connectivity index (χ2v) is 8.56. The third-order valence-corrected chi connectivity index (χ3v) is 6.24. The van der Waals surface area contributed by atoms with Crippen molar-refractivity contribution in [3.05, 3.63) is 54.1 Å². The van der Waals surface area contributed by atoms with Gasteiger partial charge < -0.3 is 14.8 Å². The van der Waals surface area contributed by atoms with E-state index in [9.17, 15) is 18.0 Å². The van der Waals surface area contributed by atoms with Gasteiger partial charge in [-0.15, -0.1) is 0 Å². The van der Waals surface area contributed by atoms with Crippen LogP contribution in [0.2, 0.25) is 0 Å². The van der Waals surface area contributed by atoms with E-state index in [0.717, 1.165) is 17.1 Å². The first-order chi connectivity index (χ1) is 13.8. The van der Waals surface area contributed by atoms with Gasteiger partial charge in [-0.05, 0) is 49.2 Å². The monoisotopic (exact) mass is 418 g/mol. The number of sulfonamides is 1. The van der Waals surface area contributed by atoms with Gasteiger partial charge in [-0.25, -0.2) is 13.2 Å². The summed E-state index contributed by atoms with van der Waals surface area (Å²) in [6, 6.07) is 12.3. The third-order valence-electron chi connectivity index (χ3n) is 4.45. The van der Waals surface area contributed by atoms with Crippen LogP contribution in [0.3, 0.4) is 0 Å². The summed E-state index contributed by atoms with van der Waals surface area (Å²) in [6.45, 7) is -0.369. The minimum absolute atomic E-state index is 0.00827. The van der Waals surface area contributed by atoms with Gasteiger partial charge in [0.1, 0.15) is 5.75 Å². The Morgan fingerprint density at radius 3 is 2.38 bits per heavy atom. The fourth-order valence-corrected chi connectivity index (χ4v) is 3.86. The van der Waals surface area contributed by atoms with E-state index in [1.807, 2.05) is 0 Å². The molecule has 0 unspecified atom stereocenters.